The van der Waals surface area contributed by atoms with Gasteiger partial charge in [0, 0.05) is 11.5 Å². The molecule has 0 saturated heterocycles. The minimum Gasteiger partial charge on any atom is -0.467 e. The quantitative estimate of drug-likeness (QED) is 0.789. The lowest BCUT2D eigenvalue weighted by molar-refractivity contribution is 0.0510. The molecule has 7 heteroatoms. The summed E-state index contributed by atoms with van der Waals surface area (Å²) in [6, 6.07) is 3.85. The number of aromatic amines is 1. The molecule has 21 heavy (non-hydrogen) atoms. The molecule has 0 aliphatic carbocycles. The molecular formula is C14H18N4O3. The molecule has 1 aliphatic heterocycles. The van der Waals surface area contributed by atoms with Crippen LogP contribution < -0.4 is 15.4 Å². The third kappa shape index (κ3) is 3.01. The van der Waals surface area contributed by atoms with Gasteiger partial charge in [0.25, 0.3) is 0 Å². The van der Waals surface area contributed by atoms with Crippen molar-refractivity contribution < 1.29 is 14.3 Å². The van der Waals surface area contributed by atoms with Gasteiger partial charge in [-0.25, -0.2) is 4.79 Å². The Morgan fingerprint density at radius 1 is 1.48 bits per heavy atom. The van der Waals surface area contributed by atoms with Crippen molar-refractivity contribution in [2.75, 3.05) is 11.9 Å². The summed E-state index contributed by atoms with van der Waals surface area (Å²) < 4.78 is 10.9. The first-order valence-corrected chi connectivity index (χ1v) is 6.78. The van der Waals surface area contributed by atoms with Crippen molar-refractivity contribution >= 4 is 22.7 Å². The number of fused-ring (bicyclic) bond motifs is 2. The van der Waals surface area contributed by atoms with Crippen molar-refractivity contribution in [1.29, 1.82) is 0 Å². The number of hydrogen-bond donors (Lipinski definition) is 3. The Morgan fingerprint density at radius 2 is 2.29 bits per heavy atom. The summed E-state index contributed by atoms with van der Waals surface area (Å²) in [7, 11) is 0. The fourth-order valence-corrected chi connectivity index (χ4v) is 2.12. The number of ether oxygens (including phenoxy) is 2. The van der Waals surface area contributed by atoms with Crippen molar-refractivity contribution in [1.82, 2.24) is 15.5 Å². The van der Waals surface area contributed by atoms with Gasteiger partial charge in [0.05, 0.1) is 23.9 Å². The number of nitrogens with one attached hydrogen (secondary N) is 3. The zero-order valence-electron chi connectivity index (χ0n) is 12.2. The third-order valence-corrected chi connectivity index (χ3v) is 2.96. The highest BCUT2D eigenvalue weighted by Gasteiger charge is 2.24. The van der Waals surface area contributed by atoms with Crippen molar-refractivity contribution in [3.8, 4) is 5.75 Å². The van der Waals surface area contributed by atoms with E-state index >= 15 is 0 Å². The molecule has 0 spiro atoms. The number of hydrogen-bond acceptors (Lipinski definition) is 5. The van der Waals surface area contributed by atoms with E-state index in [9.17, 15) is 4.79 Å². The maximum atomic E-state index is 11.6. The summed E-state index contributed by atoms with van der Waals surface area (Å²) in [6.07, 6.45) is 0.982. The average Bonchev–Trinajstić information content (AvgIpc) is 2.95. The van der Waals surface area contributed by atoms with Crippen LogP contribution in [0.25, 0.3) is 10.9 Å². The van der Waals surface area contributed by atoms with E-state index in [1.807, 2.05) is 32.9 Å². The first kappa shape index (κ1) is 13.5. The van der Waals surface area contributed by atoms with Gasteiger partial charge in [-0.3, -0.25) is 5.10 Å². The Morgan fingerprint density at radius 3 is 3.05 bits per heavy atom. The number of nitrogens with zero attached hydrogens (tertiary/aromatic N) is 1. The fourth-order valence-electron chi connectivity index (χ4n) is 2.12. The third-order valence-electron chi connectivity index (χ3n) is 2.96. The second kappa shape index (κ2) is 4.83. The van der Waals surface area contributed by atoms with Gasteiger partial charge in [-0.15, -0.1) is 0 Å². The molecule has 1 atom stereocenters. The maximum Gasteiger partial charge on any atom is 0.407 e. The standard InChI is InChI=1S/C14H18N4O3/c1-14(2,3)21-13(19)15-7-12-17-10-4-8-6-16-18-9(8)5-11(10)20-12/h4-6,12,17H,7H2,1-3H3,(H,15,19)(H,16,18)/t12-/m0/s1. The zero-order valence-corrected chi connectivity index (χ0v) is 12.2. The van der Waals surface area contributed by atoms with Gasteiger partial charge < -0.3 is 20.1 Å². The van der Waals surface area contributed by atoms with E-state index in [0.29, 0.717) is 6.54 Å². The van der Waals surface area contributed by atoms with Gasteiger partial charge in [0.15, 0.2) is 6.23 Å². The SMILES string of the molecule is CC(C)(C)OC(=O)NC[C@H]1Nc2cc3cn[nH]c3cc2O1. The zero-order chi connectivity index (χ0) is 15.0. The number of anilines is 1. The van der Waals surface area contributed by atoms with Crippen LogP contribution in [0.3, 0.4) is 0 Å². The van der Waals surface area contributed by atoms with E-state index in [2.05, 4.69) is 20.8 Å². The monoisotopic (exact) mass is 290 g/mol. The predicted molar refractivity (Wildman–Crippen MR) is 78.4 cm³/mol. The number of amides is 1. The van der Waals surface area contributed by atoms with Crippen LogP contribution in [0.4, 0.5) is 10.5 Å². The molecule has 1 amide bonds. The molecule has 0 radical (unpaired) electrons. The molecule has 1 aliphatic rings. The molecule has 0 unspecified atom stereocenters. The Bertz CT molecular complexity index is 634. The van der Waals surface area contributed by atoms with Crippen molar-refractivity contribution in [2.24, 2.45) is 0 Å². The number of H-pyrrole nitrogens is 1. The number of carbonyl (C=O) groups excluding carboxylic acids is 1. The molecule has 3 rings (SSSR count). The lowest BCUT2D eigenvalue weighted by atomic mass is 10.2. The van der Waals surface area contributed by atoms with Crippen LogP contribution in [0.15, 0.2) is 18.3 Å². The number of rotatable bonds is 2. The van der Waals surface area contributed by atoms with E-state index < -0.39 is 11.7 Å². The topological polar surface area (TPSA) is 88.3 Å². The normalized spacial score (nSPS) is 17.0. The summed E-state index contributed by atoms with van der Waals surface area (Å²) >= 11 is 0. The molecule has 0 bridgehead atoms. The van der Waals surface area contributed by atoms with E-state index in [-0.39, 0.29) is 6.23 Å². The number of benzene rings is 1. The van der Waals surface area contributed by atoms with Crippen molar-refractivity contribution in [3.63, 3.8) is 0 Å². The maximum absolute atomic E-state index is 11.6. The number of alkyl carbamates (subject to hydrolysis) is 1. The van der Waals surface area contributed by atoms with Gasteiger partial charge in [-0.05, 0) is 26.8 Å². The van der Waals surface area contributed by atoms with Crippen LogP contribution in [-0.4, -0.2) is 34.7 Å². The Hall–Kier alpha value is -2.44. The summed E-state index contributed by atoms with van der Waals surface area (Å²) in [5.41, 5.74) is 1.29. The van der Waals surface area contributed by atoms with Crippen LogP contribution in [-0.2, 0) is 4.74 Å². The highest BCUT2D eigenvalue weighted by Crippen LogP contribution is 2.34. The van der Waals surface area contributed by atoms with Crippen molar-refractivity contribution in [2.45, 2.75) is 32.6 Å². The smallest absolute Gasteiger partial charge is 0.407 e. The minimum atomic E-state index is -0.511. The average molecular weight is 290 g/mol. The van der Waals surface area contributed by atoms with Crippen LogP contribution >= 0.6 is 0 Å². The van der Waals surface area contributed by atoms with Crippen LogP contribution in [0.5, 0.6) is 5.75 Å². The number of aromatic nitrogens is 2. The van der Waals surface area contributed by atoms with Crippen LogP contribution in [0, 0.1) is 0 Å². The predicted octanol–water partition coefficient (Wildman–Crippen LogP) is 2.22. The molecule has 1 aromatic heterocycles. The highest BCUT2D eigenvalue weighted by atomic mass is 16.6. The van der Waals surface area contributed by atoms with E-state index in [1.165, 1.54) is 0 Å². The lowest BCUT2D eigenvalue weighted by Gasteiger charge is -2.20. The van der Waals surface area contributed by atoms with Crippen LogP contribution in [0.2, 0.25) is 0 Å². The van der Waals surface area contributed by atoms with Crippen LogP contribution in [0.1, 0.15) is 20.8 Å². The second-order valence-corrected chi connectivity index (χ2v) is 5.94. The second-order valence-electron chi connectivity index (χ2n) is 5.94. The van der Waals surface area contributed by atoms with Gasteiger partial charge in [-0.1, -0.05) is 0 Å². The highest BCUT2D eigenvalue weighted by molar-refractivity contribution is 5.86. The van der Waals surface area contributed by atoms with E-state index in [0.717, 1.165) is 22.3 Å². The van der Waals surface area contributed by atoms with E-state index in [4.69, 9.17) is 9.47 Å². The minimum absolute atomic E-state index is 0.313. The first-order valence-electron chi connectivity index (χ1n) is 6.78. The largest absolute Gasteiger partial charge is 0.467 e. The molecule has 2 aromatic rings. The molecule has 7 nitrogen and oxygen atoms in total. The summed E-state index contributed by atoms with van der Waals surface area (Å²) in [5, 5.41) is 13.8. The molecule has 2 heterocycles. The Balaban J connectivity index is 1.59. The molecule has 112 valence electrons. The van der Waals surface area contributed by atoms with Gasteiger partial charge in [0.2, 0.25) is 0 Å². The summed E-state index contributed by atoms with van der Waals surface area (Å²) in [6.45, 7) is 5.78. The molecule has 0 fully saturated rings. The molecule has 1 aromatic carbocycles. The fraction of sp³-hybridized carbons (Fsp3) is 0.429. The van der Waals surface area contributed by atoms with Crippen molar-refractivity contribution in [3.05, 3.63) is 18.3 Å². The molecule has 3 N–H and O–H groups in total. The molecular weight excluding hydrogens is 272 g/mol. The summed E-state index contributed by atoms with van der Waals surface area (Å²) in [4.78, 5) is 11.6. The Labute approximate surface area is 122 Å². The van der Waals surface area contributed by atoms with Gasteiger partial charge >= 0.3 is 6.09 Å². The van der Waals surface area contributed by atoms with Gasteiger partial charge in [0.1, 0.15) is 11.4 Å². The summed E-state index contributed by atoms with van der Waals surface area (Å²) in [5.74, 6) is 0.739. The molecule has 0 saturated carbocycles. The van der Waals surface area contributed by atoms with E-state index in [1.54, 1.807) is 6.20 Å². The number of carbonyl (C=O) groups is 1. The first-order chi connectivity index (χ1) is 9.90. The lowest BCUT2D eigenvalue weighted by Crippen LogP contribution is -2.40. The Kier molecular flexibility index (Phi) is 3.12. The van der Waals surface area contributed by atoms with Gasteiger partial charge in [-0.2, -0.15) is 5.10 Å².